The van der Waals surface area contributed by atoms with Crippen LogP contribution in [0.3, 0.4) is 0 Å². The summed E-state index contributed by atoms with van der Waals surface area (Å²) >= 11 is 0. The van der Waals surface area contributed by atoms with Gasteiger partial charge >= 0.3 is 0 Å². The molecule has 0 radical (unpaired) electrons. The van der Waals surface area contributed by atoms with Crippen molar-refractivity contribution in [3.63, 3.8) is 0 Å². The Hall–Kier alpha value is -0.120. The van der Waals surface area contributed by atoms with E-state index in [9.17, 15) is 0 Å². The first-order valence-corrected chi connectivity index (χ1v) is 7.46. The van der Waals surface area contributed by atoms with E-state index in [2.05, 4.69) is 45.0 Å². The van der Waals surface area contributed by atoms with Crippen LogP contribution in [-0.2, 0) is 4.74 Å². The van der Waals surface area contributed by atoms with Crippen LogP contribution in [0.5, 0.6) is 0 Å². The molecule has 2 saturated heterocycles. The molecule has 106 valence electrons. The average molecular weight is 254 g/mol. The average Bonchev–Trinajstić information content (AvgIpc) is 2.46. The SMILES string of the molecule is CC(C)C1OC2(CCCN(C)CC2)NCC1(C)C. The van der Waals surface area contributed by atoms with Crippen LogP contribution in [0.25, 0.3) is 0 Å². The van der Waals surface area contributed by atoms with Crippen LogP contribution in [0.4, 0.5) is 0 Å². The fourth-order valence-corrected chi connectivity index (χ4v) is 3.51. The van der Waals surface area contributed by atoms with E-state index in [0.29, 0.717) is 12.0 Å². The summed E-state index contributed by atoms with van der Waals surface area (Å²) in [5.74, 6) is 0.583. The first-order valence-electron chi connectivity index (χ1n) is 7.46. The maximum absolute atomic E-state index is 6.58. The number of hydrogen-bond donors (Lipinski definition) is 1. The van der Waals surface area contributed by atoms with Crippen molar-refractivity contribution < 1.29 is 4.74 Å². The molecule has 3 heteroatoms. The predicted molar refractivity (Wildman–Crippen MR) is 75.6 cm³/mol. The van der Waals surface area contributed by atoms with Gasteiger partial charge in [-0.25, -0.2) is 0 Å². The molecule has 0 saturated carbocycles. The highest BCUT2D eigenvalue weighted by molar-refractivity contribution is 4.95. The number of ether oxygens (including phenoxy) is 1. The molecule has 1 spiro atoms. The summed E-state index contributed by atoms with van der Waals surface area (Å²) in [6.45, 7) is 12.6. The van der Waals surface area contributed by atoms with Gasteiger partial charge in [0.25, 0.3) is 0 Å². The van der Waals surface area contributed by atoms with Crippen LogP contribution in [0.1, 0.15) is 47.0 Å². The molecule has 0 aromatic rings. The molecular formula is C15H30N2O. The number of nitrogens with zero attached hydrogens (tertiary/aromatic N) is 1. The highest BCUT2D eigenvalue weighted by Crippen LogP contribution is 2.39. The fourth-order valence-electron chi connectivity index (χ4n) is 3.51. The van der Waals surface area contributed by atoms with Gasteiger partial charge in [0.15, 0.2) is 0 Å². The van der Waals surface area contributed by atoms with Crippen LogP contribution in [0.15, 0.2) is 0 Å². The third kappa shape index (κ3) is 2.89. The lowest BCUT2D eigenvalue weighted by Crippen LogP contribution is -2.62. The van der Waals surface area contributed by atoms with Crippen LogP contribution >= 0.6 is 0 Å². The van der Waals surface area contributed by atoms with Gasteiger partial charge in [0, 0.05) is 24.9 Å². The van der Waals surface area contributed by atoms with Crippen molar-refractivity contribution in [1.82, 2.24) is 10.2 Å². The molecule has 2 aliphatic rings. The molecule has 3 nitrogen and oxygen atoms in total. The molecule has 2 unspecified atom stereocenters. The van der Waals surface area contributed by atoms with Crippen molar-refractivity contribution >= 4 is 0 Å². The summed E-state index contributed by atoms with van der Waals surface area (Å²) < 4.78 is 6.58. The van der Waals surface area contributed by atoms with Gasteiger partial charge in [-0.3, -0.25) is 5.32 Å². The molecule has 18 heavy (non-hydrogen) atoms. The second-order valence-corrected chi connectivity index (χ2v) is 7.28. The van der Waals surface area contributed by atoms with Crippen molar-refractivity contribution in [1.29, 1.82) is 0 Å². The van der Waals surface area contributed by atoms with E-state index >= 15 is 0 Å². The van der Waals surface area contributed by atoms with E-state index in [1.807, 2.05) is 0 Å². The molecule has 2 heterocycles. The molecule has 2 atom stereocenters. The molecule has 0 aromatic heterocycles. The Bertz CT molecular complexity index is 290. The zero-order valence-electron chi connectivity index (χ0n) is 12.8. The Kier molecular flexibility index (Phi) is 4.05. The Labute approximate surface area is 112 Å². The number of nitrogens with one attached hydrogen (secondary N) is 1. The van der Waals surface area contributed by atoms with E-state index in [1.54, 1.807) is 0 Å². The molecule has 1 N–H and O–H groups in total. The monoisotopic (exact) mass is 254 g/mol. The summed E-state index contributed by atoms with van der Waals surface area (Å²) in [7, 11) is 2.21. The summed E-state index contributed by atoms with van der Waals surface area (Å²) in [6, 6.07) is 0. The third-order valence-electron chi connectivity index (χ3n) is 4.61. The summed E-state index contributed by atoms with van der Waals surface area (Å²) in [5.41, 5.74) is 0.173. The molecule has 0 aromatic carbocycles. The molecule has 2 fully saturated rings. The highest BCUT2D eigenvalue weighted by Gasteiger charge is 2.46. The molecule has 0 aliphatic carbocycles. The van der Waals surface area contributed by atoms with Gasteiger partial charge in [0.2, 0.25) is 0 Å². The fraction of sp³-hybridized carbons (Fsp3) is 1.00. The first-order chi connectivity index (χ1) is 8.35. The van der Waals surface area contributed by atoms with Crippen molar-refractivity contribution in [2.24, 2.45) is 11.3 Å². The summed E-state index contributed by atoms with van der Waals surface area (Å²) in [5, 5.41) is 3.72. The normalized spacial score (nSPS) is 38.0. The van der Waals surface area contributed by atoms with Gasteiger partial charge in [-0.2, -0.15) is 0 Å². The van der Waals surface area contributed by atoms with Gasteiger partial charge in [-0.1, -0.05) is 27.7 Å². The van der Waals surface area contributed by atoms with Crippen LogP contribution in [-0.4, -0.2) is 43.4 Å². The van der Waals surface area contributed by atoms with Crippen LogP contribution in [0.2, 0.25) is 0 Å². The highest BCUT2D eigenvalue weighted by atomic mass is 16.5. The Morgan fingerprint density at radius 2 is 1.94 bits per heavy atom. The maximum Gasteiger partial charge on any atom is 0.120 e. The van der Waals surface area contributed by atoms with E-state index in [1.165, 1.54) is 13.0 Å². The van der Waals surface area contributed by atoms with E-state index in [-0.39, 0.29) is 11.1 Å². The zero-order chi connectivity index (χ0) is 13.4. The second-order valence-electron chi connectivity index (χ2n) is 7.28. The minimum atomic E-state index is -0.0603. The number of hydrogen-bond acceptors (Lipinski definition) is 3. The maximum atomic E-state index is 6.58. The van der Waals surface area contributed by atoms with Crippen molar-refractivity contribution in [2.45, 2.75) is 58.8 Å². The van der Waals surface area contributed by atoms with E-state index < -0.39 is 0 Å². The lowest BCUT2D eigenvalue weighted by molar-refractivity contribution is -0.207. The standard InChI is InChI=1S/C15H30N2O/c1-12(2)13-14(3,4)11-16-15(18-13)7-6-9-17(5)10-8-15/h12-13,16H,6-11H2,1-5H3. The van der Waals surface area contributed by atoms with Gasteiger partial charge < -0.3 is 9.64 Å². The Morgan fingerprint density at radius 1 is 1.22 bits per heavy atom. The van der Waals surface area contributed by atoms with E-state index in [0.717, 1.165) is 25.9 Å². The summed E-state index contributed by atoms with van der Waals surface area (Å²) in [4.78, 5) is 2.42. The number of likely N-dealkylation sites (tertiary alicyclic amines) is 1. The van der Waals surface area contributed by atoms with Gasteiger partial charge in [-0.05, 0) is 32.4 Å². The van der Waals surface area contributed by atoms with Gasteiger partial charge in [0.1, 0.15) is 5.72 Å². The van der Waals surface area contributed by atoms with Crippen LogP contribution < -0.4 is 5.32 Å². The van der Waals surface area contributed by atoms with Crippen molar-refractivity contribution in [3.05, 3.63) is 0 Å². The Balaban J connectivity index is 2.11. The van der Waals surface area contributed by atoms with E-state index in [4.69, 9.17) is 4.74 Å². The topological polar surface area (TPSA) is 24.5 Å². The molecule has 2 rings (SSSR count). The minimum Gasteiger partial charge on any atom is -0.356 e. The van der Waals surface area contributed by atoms with Gasteiger partial charge in [0.05, 0.1) is 6.10 Å². The third-order valence-corrected chi connectivity index (χ3v) is 4.61. The van der Waals surface area contributed by atoms with Crippen molar-refractivity contribution in [2.75, 3.05) is 26.7 Å². The smallest absolute Gasteiger partial charge is 0.120 e. The minimum absolute atomic E-state index is 0.0603. The Morgan fingerprint density at radius 3 is 2.61 bits per heavy atom. The summed E-state index contributed by atoms with van der Waals surface area (Å²) in [6.07, 6.45) is 3.86. The zero-order valence-corrected chi connectivity index (χ0v) is 12.8. The number of rotatable bonds is 1. The first kappa shape index (κ1) is 14.3. The second kappa shape index (κ2) is 5.10. The lowest BCUT2D eigenvalue weighted by atomic mass is 9.78. The molecule has 2 aliphatic heterocycles. The lowest BCUT2D eigenvalue weighted by Gasteiger charge is -2.51. The predicted octanol–water partition coefficient (Wildman–Crippen LogP) is 2.47. The molecule has 0 amide bonds. The molecular weight excluding hydrogens is 224 g/mol. The van der Waals surface area contributed by atoms with Crippen LogP contribution in [0, 0.1) is 11.3 Å². The molecule has 0 bridgehead atoms. The quantitative estimate of drug-likeness (QED) is 0.778. The van der Waals surface area contributed by atoms with Crippen molar-refractivity contribution in [3.8, 4) is 0 Å². The largest absolute Gasteiger partial charge is 0.356 e. The van der Waals surface area contributed by atoms with Gasteiger partial charge in [-0.15, -0.1) is 0 Å².